The number of hydrogen-bond donors (Lipinski definition) is 0. The van der Waals surface area contributed by atoms with Crippen LogP contribution in [-0.2, 0) is 0 Å². The molecule has 0 unspecified atom stereocenters. The average molecular weight is 466 g/mol. The third-order valence-corrected chi connectivity index (χ3v) is 5.73. The molecule has 5 nitrogen and oxygen atoms in total. The van der Waals surface area contributed by atoms with E-state index in [1.165, 1.54) is 16.2 Å². The van der Waals surface area contributed by atoms with E-state index in [2.05, 4.69) is 26.1 Å². The first-order chi connectivity index (χ1) is 14.1. The first-order valence-corrected chi connectivity index (χ1v) is 10.4. The SMILES string of the molecule is CN(C(=O)c1cccc(Oc2ccccc2)c1)c1nnc(-c2ccc(Br)cc2)s1. The molecule has 3 aromatic carbocycles. The topological polar surface area (TPSA) is 55.3 Å². The van der Waals surface area contributed by atoms with E-state index in [4.69, 9.17) is 4.74 Å². The summed E-state index contributed by atoms with van der Waals surface area (Å²) in [6.07, 6.45) is 0. The van der Waals surface area contributed by atoms with Crippen LogP contribution >= 0.6 is 27.3 Å². The van der Waals surface area contributed by atoms with Gasteiger partial charge in [0.1, 0.15) is 16.5 Å². The number of halogens is 1. The monoisotopic (exact) mass is 465 g/mol. The highest BCUT2D eigenvalue weighted by Crippen LogP contribution is 2.30. The molecule has 0 aliphatic rings. The zero-order valence-corrected chi connectivity index (χ0v) is 17.9. The van der Waals surface area contributed by atoms with Crippen molar-refractivity contribution in [2.24, 2.45) is 0 Å². The number of carbonyl (C=O) groups is 1. The van der Waals surface area contributed by atoms with Crippen molar-refractivity contribution in [3.05, 3.63) is 88.9 Å². The molecule has 0 spiro atoms. The molecule has 0 atom stereocenters. The quantitative estimate of drug-likeness (QED) is 0.360. The van der Waals surface area contributed by atoms with Crippen molar-refractivity contribution >= 4 is 38.3 Å². The highest BCUT2D eigenvalue weighted by Gasteiger charge is 2.18. The van der Waals surface area contributed by atoms with Crippen LogP contribution in [0.2, 0.25) is 0 Å². The Bertz CT molecular complexity index is 1130. The van der Waals surface area contributed by atoms with Crippen molar-refractivity contribution in [1.29, 1.82) is 0 Å². The highest BCUT2D eigenvalue weighted by molar-refractivity contribution is 9.10. The lowest BCUT2D eigenvalue weighted by molar-refractivity contribution is 0.0992. The minimum Gasteiger partial charge on any atom is -0.457 e. The maximum atomic E-state index is 12.9. The zero-order chi connectivity index (χ0) is 20.2. The summed E-state index contributed by atoms with van der Waals surface area (Å²) in [6.45, 7) is 0. The number of para-hydroxylation sites is 1. The van der Waals surface area contributed by atoms with Gasteiger partial charge in [-0.25, -0.2) is 0 Å². The van der Waals surface area contributed by atoms with Crippen LogP contribution in [0.4, 0.5) is 5.13 Å². The molecule has 144 valence electrons. The number of anilines is 1. The largest absolute Gasteiger partial charge is 0.457 e. The Labute approximate surface area is 180 Å². The van der Waals surface area contributed by atoms with Gasteiger partial charge in [-0.3, -0.25) is 9.69 Å². The Morgan fingerprint density at radius 1 is 0.931 bits per heavy atom. The molecule has 4 aromatic rings. The van der Waals surface area contributed by atoms with Gasteiger partial charge in [-0.2, -0.15) is 0 Å². The summed E-state index contributed by atoms with van der Waals surface area (Å²) in [5, 5.41) is 9.69. The number of nitrogens with zero attached hydrogens (tertiary/aromatic N) is 3. The van der Waals surface area contributed by atoms with Crippen molar-refractivity contribution < 1.29 is 9.53 Å². The molecule has 1 heterocycles. The van der Waals surface area contributed by atoms with E-state index in [1.54, 1.807) is 25.2 Å². The number of ether oxygens (including phenoxy) is 1. The molecule has 0 aliphatic carbocycles. The van der Waals surface area contributed by atoms with Crippen LogP contribution in [0.1, 0.15) is 10.4 Å². The second-order valence-electron chi connectivity index (χ2n) is 6.20. The normalized spacial score (nSPS) is 10.6. The van der Waals surface area contributed by atoms with Crippen molar-refractivity contribution in [2.75, 3.05) is 11.9 Å². The second kappa shape index (κ2) is 8.55. The van der Waals surface area contributed by atoms with Gasteiger partial charge >= 0.3 is 0 Å². The molecule has 0 saturated heterocycles. The van der Waals surface area contributed by atoms with Crippen LogP contribution in [-0.4, -0.2) is 23.2 Å². The molecule has 7 heteroatoms. The third kappa shape index (κ3) is 4.52. The van der Waals surface area contributed by atoms with Crippen molar-refractivity contribution in [1.82, 2.24) is 10.2 Å². The summed E-state index contributed by atoms with van der Waals surface area (Å²) < 4.78 is 6.82. The zero-order valence-electron chi connectivity index (χ0n) is 15.4. The third-order valence-electron chi connectivity index (χ3n) is 4.16. The second-order valence-corrected chi connectivity index (χ2v) is 8.08. The number of carbonyl (C=O) groups excluding carboxylic acids is 1. The van der Waals surface area contributed by atoms with Gasteiger partial charge < -0.3 is 4.74 Å². The van der Waals surface area contributed by atoms with E-state index in [0.717, 1.165) is 15.0 Å². The van der Waals surface area contributed by atoms with Crippen LogP contribution in [0.25, 0.3) is 10.6 Å². The number of rotatable bonds is 5. The van der Waals surface area contributed by atoms with E-state index in [9.17, 15) is 4.79 Å². The fourth-order valence-corrected chi connectivity index (χ4v) is 3.73. The number of aromatic nitrogens is 2. The summed E-state index contributed by atoms with van der Waals surface area (Å²) in [7, 11) is 1.69. The molecule has 0 N–H and O–H groups in total. The summed E-state index contributed by atoms with van der Waals surface area (Å²) in [5.74, 6) is 1.14. The number of benzene rings is 3. The molecule has 0 radical (unpaired) electrons. The van der Waals surface area contributed by atoms with E-state index >= 15 is 0 Å². The van der Waals surface area contributed by atoms with E-state index in [-0.39, 0.29) is 5.91 Å². The Morgan fingerprint density at radius 2 is 1.66 bits per heavy atom. The first kappa shape index (κ1) is 19.3. The lowest BCUT2D eigenvalue weighted by Gasteiger charge is -2.14. The molecule has 4 rings (SSSR count). The summed E-state index contributed by atoms with van der Waals surface area (Å²) >= 11 is 4.79. The van der Waals surface area contributed by atoms with Gasteiger partial charge in [-0.15, -0.1) is 10.2 Å². The summed E-state index contributed by atoms with van der Waals surface area (Å²) in [4.78, 5) is 14.4. The van der Waals surface area contributed by atoms with Crippen LogP contribution in [0, 0.1) is 0 Å². The van der Waals surface area contributed by atoms with E-state index in [0.29, 0.717) is 22.2 Å². The Balaban J connectivity index is 1.52. The lowest BCUT2D eigenvalue weighted by atomic mass is 10.2. The fraction of sp³-hybridized carbons (Fsp3) is 0.0455. The van der Waals surface area contributed by atoms with Gasteiger partial charge in [0.2, 0.25) is 5.13 Å². The lowest BCUT2D eigenvalue weighted by Crippen LogP contribution is -2.26. The van der Waals surface area contributed by atoms with Crippen LogP contribution in [0.5, 0.6) is 11.5 Å². The summed E-state index contributed by atoms with van der Waals surface area (Å²) in [5.41, 5.74) is 1.47. The highest BCUT2D eigenvalue weighted by atomic mass is 79.9. The number of hydrogen-bond acceptors (Lipinski definition) is 5. The van der Waals surface area contributed by atoms with Crippen LogP contribution < -0.4 is 9.64 Å². The Hall–Kier alpha value is -3.03. The average Bonchev–Trinajstić information content (AvgIpc) is 3.24. The molecular formula is C22H16BrN3O2S. The van der Waals surface area contributed by atoms with Crippen LogP contribution in [0.15, 0.2) is 83.3 Å². The first-order valence-electron chi connectivity index (χ1n) is 8.80. The fourth-order valence-electron chi connectivity index (χ4n) is 2.66. The molecule has 0 fully saturated rings. The predicted molar refractivity (Wildman–Crippen MR) is 119 cm³/mol. The smallest absolute Gasteiger partial charge is 0.259 e. The Morgan fingerprint density at radius 3 is 2.41 bits per heavy atom. The predicted octanol–water partition coefficient (Wildman–Crippen LogP) is 6.04. The number of amides is 1. The van der Waals surface area contributed by atoms with Gasteiger partial charge in [0.05, 0.1) is 0 Å². The minimum absolute atomic E-state index is 0.179. The minimum atomic E-state index is -0.179. The van der Waals surface area contributed by atoms with E-state index in [1.807, 2.05) is 60.7 Å². The molecule has 0 aliphatic heterocycles. The molecule has 1 aromatic heterocycles. The standard InChI is InChI=1S/C22H16BrN3O2S/c1-26(22-25-24-20(29-22)15-10-12-17(23)13-11-15)21(27)16-6-5-9-19(14-16)28-18-7-3-2-4-8-18/h2-14H,1H3. The maximum absolute atomic E-state index is 12.9. The van der Waals surface area contributed by atoms with E-state index < -0.39 is 0 Å². The van der Waals surface area contributed by atoms with Gasteiger partial charge in [0.15, 0.2) is 0 Å². The molecule has 29 heavy (non-hydrogen) atoms. The molecule has 0 bridgehead atoms. The Kier molecular flexibility index (Phi) is 5.69. The van der Waals surface area contributed by atoms with Crippen LogP contribution in [0.3, 0.4) is 0 Å². The molecule has 0 saturated carbocycles. The molecular weight excluding hydrogens is 450 g/mol. The summed E-state index contributed by atoms with van der Waals surface area (Å²) in [6, 6.07) is 24.4. The van der Waals surface area contributed by atoms with Gasteiger partial charge in [-0.05, 0) is 42.5 Å². The maximum Gasteiger partial charge on any atom is 0.259 e. The van der Waals surface area contributed by atoms with Gasteiger partial charge in [0, 0.05) is 22.6 Å². The van der Waals surface area contributed by atoms with Gasteiger partial charge in [-0.1, -0.05) is 63.7 Å². The van der Waals surface area contributed by atoms with Gasteiger partial charge in [0.25, 0.3) is 5.91 Å². The molecule has 1 amide bonds. The van der Waals surface area contributed by atoms with Crippen molar-refractivity contribution in [3.8, 4) is 22.1 Å². The van der Waals surface area contributed by atoms with Crippen molar-refractivity contribution in [3.63, 3.8) is 0 Å². The van der Waals surface area contributed by atoms with Crippen molar-refractivity contribution in [2.45, 2.75) is 0 Å².